The van der Waals surface area contributed by atoms with Crippen LogP contribution >= 0.6 is 0 Å². The largest absolute Gasteiger partial charge is 0.367 e. The molecule has 1 aliphatic rings. The van der Waals surface area contributed by atoms with Crippen molar-refractivity contribution < 1.29 is 22.6 Å². The monoisotopic (exact) mass is 355 g/mol. The number of carbonyl (C=O) groups excluding carboxylic acids is 1. The zero-order valence-electron chi connectivity index (χ0n) is 12.9. The van der Waals surface area contributed by atoms with Crippen LogP contribution in [0.3, 0.4) is 0 Å². The Bertz CT molecular complexity index is 1070. The fourth-order valence-corrected chi connectivity index (χ4v) is 3.87. The van der Waals surface area contributed by atoms with Gasteiger partial charge in [-0.05, 0) is 23.6 Å². The number of hydrogen-bond donors (Lipinski definition) is 1. The lowest BCUT2D eigenvalue weighted by atomic mass is 9.94. The van der Waals surface area contributed by atoms with E-state index in [1.54, 1.807) is 42.5 Å². The van der Waals surface area contributed by atoms with Crippen molar-refractivity contribution in [3.8, 4) is 0 Å². The van der Waals surface area contributed by atoms with Crippen molar-refractivity contribution >= 4 is 26.8 Å². The van der Waals surface area contributed by atoms with E-state index in [0.717, 1.165) is 5.39 Å². The molecule has 0 radical (unpaired) electrons. The molecule has 1 amide bonds. The lowest BCUT2D eigenvalue weighted by Crippen LogP contribution is -2.39. The Morgan fingerprint density at radius 1 is 0.920 bits per heavy atom. The highest BCUT2D eigenvalue weighted by Crippen LogP contribution is 2.36. The molecule has 1 N–H and O–H groups in total. The molecule has 0 bridgehead atoms. The van der Waals surface area contributed by atoms with Gasteiger partial charge < -0.3 is 5.11 Å². The van der Waals surface area contributed by atoms with Gasteiger partial charge in [0, 0.05) is 10.9 Å². The molecule has 1 heterocycles. The first-order valence-corrected chi connectivity index (χ1v) is 8.93. The number of hydroxylamine groups is 2. The maximum Gasteiger partial charge on any atom is 0.317 e. The van der Waals surface area contributed by atoms with Crippen molar-refractivity contribution in [3.05, 3.63) is 77.9 Å². The first-order valence-electron chi connectivity index (χ1n) is 7.52. The highest BCUT2D eigenvalue weighted by molar-refractivity contribution is 7.86. The summed E-state index contributed by atoms with van der Waals surface area (Å²) >= 11 is 0. The maximum absolute atomic E-state index is 12.7. The molecular formula is C18H13NO5S. The van der Waals surface area contributed by atoms with Gasteiger partial charge in [0.15, 0.2) is 6.23 Å². The third kappa shape index (κ3) is 2.49. The zero-order chi connectivity index (χ0) is 17.6. The van der Waals surface area contributed by atoms with Crippen molar-refractivity contribution in [1.29, 1.82) is 0 Å². The number of carbonyl (C=O) groups is 1. The lowest BCUT2D eigenvalue weighted by Gasteiger charge is -2.31. The second-order valence-electron chi connectivity index (χ2n) is 5.60. The Balaban J connectivity index is 1.80. The maximum atomic E-state index is 12.7. The van der Waals surface area contributed by atoms with Gasteiger partial charge >= 0.3 is 10.1 Å². The molecule has 7 heteroatoms. The van der Waals surface area contributed by atoms with Gasteiger partial charge in [-0.25, -0.2) is 0 Å². The normalized spacial score (nSPS) is 17.1. The van der Waals surface area contributed by atoms with Crippen molar-refractivity contribution in [2.45, 2.75) is 11.1 Å². The van der Waals surface area contributed by atoms with E-state index in [9.17, 15) is 18.3 Å². The number of aliphatic hydroxyl groups is 1. The Morgan fingerprint density at radius 2 is 1.60 bits per heavy atom. The second-order valence-corrected chi connectivity index (χ2v) is 7.13. The third-order valence-corrected chi connectivity index (χ3v) is 5.28. The van der Waals surface area contributed by atoms with Crippen LogP contribution in [0.5, 0.6) is 0 Å². The predicted molar refractivity (Wildman–Crippen MR) is 89.8 cm³/mol. The van der Waals surface area contributed by atoms with E-state index in [2.05, 4.69) is 0 Å². The van der Waals surface area contributed by atoms with E-state index in [1.807, 2.05) is 12.1 Å². The molecule has 0 fully saturated rings. The first-order chi connectivity index (χ1) is 12.0. The molecule has 3 aromatic carbocycles. The quantitative estimate of drug-likeness (QED) is 0.781. The van der Waals surface area contributed by atoms with Crippen LogP contribution in [0.1, 0.15) is 22.1 Å². The minimum Gasteiger partial charge on any atom is -0.367 e. The Kier molecular flexibility index (Phi) is 3.57. The topological polar surface area (TPSA) is 83.9 Å². The third-order valence-electron chi connectivity index (χ3n) is 4.08. The predicted octanol–water partition coefficient (Wildman–Crippen LogP) is 2.61. The lowest BCUT2D eigenvalue weighted by molar-refractivity contribution is -0.135. The number of nitrogens with zero attached hydrogens (tertiary/aromatic N) is 1. The summed E-state index contributed by atoms with van der Waals surface area (Å²) in [6, 6.07) is 17.7. The van der Waals surface area contributed by atoms with Gasteiger partial charge in [0.1, 0.15) is 0 Å². The molecule has 0 spiro atoms. The zero-order valence-corrected chi connectivity index (χ0v) is 13.7. The molecule has 4 rings (SSSR count). The van der Waals surface area contributed by atoms with E-state index in [-0.39, 0.29) is 10.5 Å². The van der Waals surface area contributed by atoms with Gasteiger partial charge in [-0.15, -0.1) is 4.28 Å². The average molecular weight is 355 g/mol. The molecule has 0 saturated carbocycles. The molecule has 0 aromatic heterocycles. The van der Waals surface area contributed by atoms with Gasteiger partial charge in [0.05, 0.1) is 10.5 Å². The van der Waals surface area contributed by atoms with Crippen molar-refractivity contribution in [3.63, 3.8) is 0 Å². The molecule has 6 nitrogen and oxygen atoms in total. The summed E-state index contributed by atoms with van der Waals surface area (Å²) in [7, 11) is -4.25. The number of amides is 1. The van der Waals surface area contributed by atoms with Crippen LogP contribution in [0, 0.1) is 0 Å². The van der Waals surface area contributed by atoms with Gasteiger partial charge in [0.25, 0.3) is 5.91 Å². The molecule has 0 saturated heterocycles. The van der Waals surface area contributed by atoms with Crippen LogP contribution in [0.25, 0.3) is 10.8 Å². The van der Waals surface area contributed by atoms with E-state index < -0.39 is 22.3 Å². The number of rotatable bonds is 3. The fourth-order valence-electron chi connectivity index (χ4n) is 2.93. The van der Waals surface area contributed by atoms with Crippen LogP contribution in [0.2, 0.25) is 0 Å². The Labute approximate surface area is 144 Å². The molecular weight excluding hydrogens is 342 g/mol. The number of hydrogen-bond acceptors (Lipinski definition) is 5. The van der Waals surface area contributed by atoms with Crippen LogP contribution in [0.15, 0.2) is 71.6 Å². The van der Waals surface area contributed by atoms with Crippen LogP contribution in [-0.2, 0) is 14.4 Å². The fraction of sp³-hybridized carbons (Fsp3) is 0.0556. The van der Waals surface area contributed by atoms with Gasteiger partial charge in [-0.2, -0.15) is 13.5 Å². The summed E-state index contributed by atoms with van der Waals surface area (Å²) in [6.07, 6.45) is -1.52. The van der Waals surface area contributed by atoms with Gasteiger partial charge in [-0.3, -0.25) is 4.79 Å². The Hall–Kier alpha value is -2.74. The number of aliphatic hydroxyl groups excluding tert-OH is 1. The molecule has 1 atom stereocenters. The highest BCUT2D eigenvalue weighted by atomic mass is 32.2. The highest BCUT2D eigenvalue weighted by Gasteiger charge is 2.37. The minimum atomic E-state index is -4.25. The first kappa shape index (κ1) is 15.8. The van der Waals surface area contributed by atoms with E-state index in [4.69, 9.17) is 4.28 Å². The summed E-state index contributed by atoms with van der Waals surface area (Å²) in [5, 5.41) is 12.4. The smallest absolute Gasteiger partial charge is 0.317 e. The minimum absolute atomic E-state index is 0.105. The molecule has 1 unspecified atom stereocenters. The summed E-state index contributed by atoms with van der Waals surface area (Å²) in [6.45, 7) is 0. The molecule has 3 aromatic rings. The standard InChI is InChI=1S/C18H13NO5S/c20-17-14-10-4-6-12-7-5-11-15(16(12)14)18(21)19(17)24-25(22,23)13-8-2-1-3-9-13/h1-11,17,20H. The second kappa shape index (κ2) is 5.66. The van der Waals surface area contributed by atoms with Gasteiger partial charge in [-0.1, -0.05) is 48.5 Å². The van der Waals surface area contributed by atoms with Crippen molar-refractivity contribution in [1.82, 2.24) is 5.06 Å². The van der Waals surface area contributed by atoms with Crippen LogP contribution in [-0.4, -0.2) is 24.5 Å². The SMILES string of the molecule is O=C1c2cccc3cccc(c23)C(O)N1OS(=O)(=O)c1ccccc1. The summed E-state index contributed by atoms with van der Waals surface area (Å²) < 4.78 is 29.8. The van der Waals surface area contributed by atoms with Crippen molar-refractivity contribution in [2.24, 2.45) is 0 Å². The molecule has 1 aliphatic heterocycles. The van der Waals surface area contributed by atoms with E-state index in [1.165, 1.54) is 12.1 Å². The van der Waals surface area contributed by atoms with Crippen molar-refractivity contribution in [2.75, 3.05) is 0 Å². The van der Waals surface area contributed by atoms with E-state index >= 15 is 0 Å². The summed E-state index contributed by atoms with van der Waals surface area (Å²) in [5.74, 6) is -0.712. The van der Waals surface area contributed by atoms with E-state index in [0.29, 0.717) is 16.0 Å². The Morgan fingerprint density at radius 3 is 2.32 bits per heavy atom. The molecule has 25 heavy (non-hydrogen) atoms. The number of benzene rings is 3. The summed E-state index contributed by atoms with van der Waals surface area (Å²) in [4.78, 5) is 12.6. The molecule has 0 aliphatic carbocycles. The van der Waals surface area contributed by atoms with Crippen LogP contribution in [0.4, 0.5) is 0 Å². The average Bonchev–Trinajstić information content (AvgIpc) is 2.64. The van der Waals surface area contributed by atoms with Gasteiger partial charge in [0.2, 0.25) is 0 Å². The van der Waals surface area contributed by atoms with Crippen LogP contribution < -0.4 is 0 Å². The summed E-state index contributed by atoms with van der Waals surface area (Å²) in [5.41, 5.74) is 0.692. The molecule has 126 valence electrons.